The van der Waals surface area contributed by atoms with Crippen molar-refractivity contribution in [2.45, 2.75) is 0 Å². The molecule has 0 aromatic heterocycles. The number of para-hydroxylation sites is 1. The smallest absolute Gasteiger partial charge is 0.264 e. The number of aliphatic imine (C=N–C) groups is 1. The van der Waals surface area contributed by atoms with Gasteiger partial charge in [0.15, 0.2) is 23.3 Å². The molecule has 1 aliphatic rings. The van der Waals surface area contributed by atoms with Gasteiger partial charge in [0, 0.05) is 11.3 Å². The van der Waals surface area contributed by atoms with E-state index < -0.39 is 11.7 Å². The van der Waals surface area contributed by atoms with E-state index in [-0.39, 0.29) is 12.5 Å². The number of carbonyl (C=O) groups is 2. The number of hydrogen-bond donors (Lipinski definition) is 2. The van der Waals surface area contributed by atoms with E-state index in [1.165, 1.54) is 43.1 Å². The molecule has 1 fully saturated rings. The van der Waals surface area contributed by atoms with Gasteiger partial charge in [0.05, 0.1) is 24.8 Å². The van der Waals surface area contributed by atoms with Gasteiger partial charge in [0.25, 0.3) is 11.8 Å². The summed E-state index contributed by atoms with van der Waals surface area (Å²) in [5.74, 6) is 0.259. The number of methoxy groups -OCH3 is 2. The first-order chi connectivity index (χ1) is 17.4. The maximum Gasteiger partial charge on any atom is 0.264 e. The van der Waals surface area contributed by atoms with Crippen molar-refractivity contribution in [2.75, 3.05) is 26.1 Å². The standard InChI is InChI=1S/C26H22FN3O5S/c1-33-20-12-10-19(11-13-20)29-26-30-25(32)22(36-26)14-16-4-3-5-21(34-2)24(16)35-15-23(31)28-18-8-6-17(27)7-9-18/h3-14H,15H2,1-2H3,(H,28,31)(H,29,30,32)/b22-14+. The number of anilines is 1. The lowest BCUT2D eigenvalue weighted by Crippen LogP contribution is -2.20. The average molecular weight is 508 g/mol. The molecule has 0 atom stereocenters. The van der Waals surface area contributed by atoms with Crippen LogP contribution in [0.1, 0.15) is 5.56 Å². The first-order valence-corrected chi connectivity index (χ1v) is 11.6. The van der Waals surface area contributed by atoms with E-state index in [4.69, 9.17) is 14.2 Å². The van der Waals surface area contributed by atoms with E-state index in [0.717, 1.165) is 0 Å². The Morgan fingerprint density at radius 1 is 1.06 bits per heavy atom. The van der Waals surface area contributed by atoms with Gasteiger partial charge < -0.3 is 24.8 Å². The summed E-state index contributed by atoms with van der Waals surface area (Å²) >= 11 is 1.18. The summed E-state index contributed by atoms with van der Waals surface area (Å²) in [4.78, 5) is 29.8. The molecule has 0 saturated carbocycles. The van der Waals surface area contributed by atoms with Gasteiger partial charge in [-0.15, -0.1) is 0 Å². The Kier molecular flexibility index (Phi) is 7.86. The molecule has 0 spiro atoms. The lowest BCUT2D eigenvalue weighted by molar-refractivity contribution is -0.118. The highest BCUT2D eigenvalue weighted by molar-refractivity contribution is 8.18. The zero-order valence-electron chi connectivity index (χ0n) is 19.4. The number of nitrogens with zero attached hydrogens (tertiary/aromatic N) is 1. The van der Waals surface area contributed by atoms with Crippen molar-refractivity contribution < 1.29 is 28.2 Å². The van der Waals surface area contributed by atoms with Gasteiger partial charge in [-0.1, -0.05) is 12.1 Å². The molecule has 1 aliphatic heterocycles. The Bertz CT molecular complexity index is 1320. The Labute approximate surface area is 211 Å². The number of ether oxygens (including phenoxy) is 3. The van der Waals surface area contributed by atoms with Crippen LogP contribution in [-0.4, -0.2) is 37.8 Å². The molecular weight excluding hydrogens is 485 g/mol. The van der Waals surface area contributed by atoms with E-state index in [9.17, 15) is 14.0 Å². The van der Waals surface area contributed by atoms with Gasteiger partial charge in [0.1, 0.15) is 11.6 Å². The molecule has 8 nitrogen and oxygen atoms in total. The maximum atomic E-state index is 13.1. The molecule has 0 bridgehead atoms. The second-order valence-corrected chi connectivity index (χ2v) is 8.43. The molecule has 0 unspecified atom stereocenters. The number of thioether (sulfide) groups is 1. The number of amides is 2. The first kappa shape index (κ1) is 24.8. The summed E-state index contributed by atoms with van der Waals surface area (Å²) in [5.41, 5.74) is 1.65. The van der Waals surface area contributed by atoms with Crippen LogP contribution in [0.3, 0.4) is 0 Å². The van der Waals surface area contributed by atoms with Gasteiger partial charge in [0.2, 0.25) is 0 Å². The molecule has 1 heterocycles. The number of rotatable bonds is 8. The van der Waals surface area contributed by atoms with Crippen LogP contribution < -0.4 is 24.8 Å². The van der Waals surface area contributed by atoms with Crippen molar-refractivity contribution >= 4 is 46.2 Å². The minimum Gasteiger partial charge on any atom is -0.497 e. The minimum atomic E-state index is -0.437. The van der Waals surface area contributed by atoms with Crippen LogP contribution in [0.5, 0.6) is 17.2 Å². The molecule has 3 aromatic rings. The average Bonchev–Trinajstić information content (AvgIpc) is 3.23. The molecule has 10 heteroatoms. The molecule has 4 rings (SSSR count). The lowest BCUT2D eigenvalue weighted by Gasteiger charge is -2.13. The maximum absolute atomic E-state index is 13.1. The zero-order valence-corrected chi connectivity index (χ0v) is 20.2. The van der Waals surface area contributed by atoms with E-state index in [1.807, 2.05) is 0 Å². The van der Waals surface area contributed by atoms with Gasteiger partial charge in [-0.3, -0.25) is 9.59 Å². The van der Waals surface area contributed by atoms with Crippen LogP contribution in [0.25, 0.3) is 6.08 Å². The second kappa shape index (κ2) is 11.4. The number of carbonyl (C=O) groups excluding carboxylic acids is 2. The number of halogens is 1. The van der Waals surface area contributed by atoms with Crippen LogP contribution in [-0.2, 0) is 9.59 Å². The van der Waals surface area contributed by atoms with Gasteiger partial charge in [-0.05, 0) is 72.4 Å². The fourth-order valence-electron chi connectivity index (χ4n) is 3.23. The van der Waals surface area contributed by atoms with Crippen molar-refractivity contribution in [1.29, 1.82) is 0 Å². The quantitative estimate of drug-likeness (QED) is 0.427. The van der Waals surface area contributed by atoms with Crippen LogP contribution in [0, 0.1) is 5.82 Å². The predicted octanol–water partition coefficient (Wildman–Crippen LogP) is 4.75. The van der Waals surface area contributed by atoms with Crippen molar-refractivity contribution in [3.63, 3.8) is 0 Å². The van der Waals surface area contributed by atoms with Gasteiger partial charge in [-0.2, -0.15) is 0 Å². The summed E-state index contributed by atoms with van der Waals surface area (Å²) in [6.45, 7) is -0.322. The molecular formula is C26H22FN3O5S. The lowest BCUT2D eigenvalue weighted by atomic mass is 10.1. The third-order valence-electron chi connectivity index (χ3n) is 4.95. The summed E-state index contributed by atoms with van der Waals surface area (Å²) in [7, 11) is 3.06. The highest BCUT2D eigenvalue weighted by atomic mass is 32.2. The van der Waals surface area contributed by atoms with E-state index in [2.05, 4.69) is 15.6 Å². The summed E-state index contributed by atoms with van der Waals surface area (Å²) in [6.07, 6.45) is 1.65. The highest BCUT2D eigenvalue weighted by Crippen LogP contribution is 2.36. The molecule has 2 amide bonds. The largest absolute Gasteiger partial charge is 0.497 e. The fourth-order valence-corrected chi connectivity index (χ4v) is 4.06. The van der Waals surface area contributed by atoms with Crippen LogP contribution >= 0.6 is 11.8 Å². The Morgan fingerprint density at radius 3 is 2.50 bits per heavy atom. The predicted molar refractivity (Wildman–Crippen MR) is 137 cm³/mol. The number of hydrogen-bond acceptors (Lipinski definition) is 7. The normalized spacial score (nSPS) is 15.0. The van der Waals surface area contributed by atoms with Crippen molar-refractivity contribution in [2.24, 2.45) is 4.99 Å². The topological polar surface area (TPSA) is 98.2 Å². The van der Waals surface area contributed by atoms with E-state index >= 15 is 0 Å². The first-order valence-electron chi connectivity index (χ1n) is 10.7. The number of nitrogens with one attached hydrogen (secondary N) is 2. The molecule has 2 N–H and O–H groups in total. The molecule has 1 saturated heterocycles. The summed E-state index contributed by atoms with van der Waals surface area (Å²) in [5, 5.41) is 5.81. The minimum absolute atomic E-state index is 0.302. The number of amidine groups is 1. The van der Waals surface area contributed by atoms with Gasteiger partial charge >= 0.3 is 0 Å². The SMILES string of the molecule is COc1ccc(N=C2NC(=O)/C(=C\c3cccc(OC)c3OCC(=O)Nc3ccc(F)cc3)S2)cc1. The zero-order chi connectivity index (χ0) is 25.5. The van der Waals surface area contributed by atoms with E-state index in [1.54, 1.807) is 55.7 Å². The van der Waals surface area contributed by atoms with E-state index in [0.29, 0.717) is 44.3 Å². The van der Waals surface area contributed by atoms with Crippen molar-refractivity contribution in [3.8, 4) is 17.2 Å². The van der Waals surface area contributed by atoms with Crippen LogP contribution in [0.15, 0.2) is 76.6 Å². The molecule has 184 valence electrons. The van der Waals surface area contributed by atoms with Crippen molar-refractivity contribution in [1.82, 2.24) is 5.32 Å². The molecule has 0 aliphatic carbocycles. The highest BCUT2D eigenvalue weighted by Gasteiger charge is 2.25. The van der Waals surface area contributed by atoms with Crippen molar-refractivity contribution in [3.05, 3.63) is 83.0 Å². The monoisotopic (exact) mass is 507 g/mol. The number of benzene rings is 3. The second-order valence-electron chi connectivity index (χ2n) is 7.40. The Morgan fingerprint density at radius 2 is 1.81 bits per heavy atom. The third-order valence-corrected chi connectivity index (χ3v) is 5.86. The Balaban J connectivity index is 1.50. The summed E-state index contributed by atoms with van der Waals surface area (Å²) < 4.78 is 29.4. The fraction of sp³-hybridized carbons (Fsp3) is 0.115. The van der Waals surface area contributed by atoms with Crippen LogP contribution in [0.2, 0.25) is 0 Å². The van der Waals surface area contributed by atoms with Crippen LogP contribution in [0.4, 0.5) is 15.8 Å². The third kappa shape index (κ3) is 6.22. The molecule has 3 aromatic carbocycles. The summed E-state index contributed by atoms with van der Waals surface area (Å²) in [6, 6.07) is 17.7. The Hall–Kier alpha value is -4.31. The van der Waals surface area contributed by atoms with Gasteiger partial charge in [-0.25, -0.2) is 9.38 Å². The molecule has 0 radical (unpaired) electrons. The molecule has 36 heavy (non-hydrogen) atoms.